The molecule has 7 heteroatoms. The van der Waals surface area contributed by atoms with Crippen molar-refractivity contribution in [1.82, 2.24) is 4.98 Å². The number of phenols is 2. The standard InChI is InChI=1S/C16H11Br2NO3S/c1-22-9-4-2-3-8(5-9)12-7-19-16(23-12)10-6-11(17)14(20)15(21)13(10)18/h2-7,20-21H,1H3. The van der Waals surface area contributed by atoms with Gasteiger partial charge in [-0.3, -0.25) is 0 Å². The first-order valence-corrected chi connectivity index (χ1v) is 8.92. The second kappa shape index (κ2) is 6.51. The van der Waals surface area contributed by atoms with E-state index in [4.69, 9.17) is 4.74 Å². The molecule has 0 radical (unpaired) electrons. The summed E-state index contributed by atoms with van der Waals surface area (Å²) in [7, 11) is 1.63. The molecule has 0 bridgehead atoms. The molecule has 118 valence electrons. The minimum absolute atomic E-state index is 0.204. The summed E-state index contributed by atoms with van der Waals surface area (Å²) in [5.74, 6) is 0.362. The zero-order valence-electron chi connectivity index (χ0n) is 11.9. The molecule has 0 aliphatic carbocycles. The summed E-state index contributed by atoms with van der Waals surface area (Å²) in [5.41, 5.74) is 1.71. The van der Waals surface area contributed by atoms with Crippen molar-refractivity contribution in [2.24, 2.45) is 0 Å². The number of aromatic hydroxyl groups is 2. The molecule has 0 aliphatic heterocycles. The van der Waals surface area contributed by atoms with Gasteiger partial charge in [-0.05, 0) is 55.6 Å². The smallest absolute Gasteiger partial charge is 0.173 e. The molecule has 23 heavy (non-hydrogen) atoms. The second-order valence-electron chi connectivity index (χ2n) is 4.68. The molecule has 0 amide bonds. The first-order valence-electron chi connectivity index (χ1n) is 6.51. The van der Waals surface area contributed by atoms with E-state index < -0.39 is 0 Å². The summed E-state index contributed by atoms with van der Waals surface area (Å²) in [5, 5.41) is 20.4. The van der Waals surface area contributed by atoms with Crippen molar-refractivity contribution < 1.29 is 14.9 Å². The van der Waals surface area contributed by atoms with Gasteiger partial charge in [0.1, 0.15) is 10.8 Å². The lowest BCUT2D eigenvalue weighted by atomic mass is 10.2. The van der Waals surface area contributed by atoms with E-state index in [1.54, 1.807) is 19.4 Å². The molecule has 2 aromatic carbocycles. The van der Waals surface area contributed by atoms with Crippen LogP contribution in [0.3, 0.4) is 0 Å². The van der Waals surface area contributed by atoms with E-state index in [1.165, 1.54) is 11.3 Å². The molecule has 0 fully saturated rings. The lowest BCUT2D eigenvalue weighted by Crippen LogP contribution is -1.82. The highest BCUT2D eigenvalue weighted by molar-refractivity contribution is 9.11. The van der Waals surface area contributed by atoms with Crippen LogP contribution in [0.4, 0.5) is 0 Å². The number of methoxy groups -OCH3 is 1. The average Bonchev–Trinajstić information content (AvgIpc) is 3.06. The highest BCUT2D eigenvalue weighted by Crippen LogP contribution is 2.46. The van der Waals surface area contributed by atoms with Gasteiger partial charge in [-0.1, -0.05) is 12.1 Å². The van der Waals surface area contributed by atoms with Gasteiger partial charge in [0, 0.05) is 11.8 Å². The Hall–Kier alpha value is -1.57. The Morgan fingerprint density at radius 3 is 2.65 bits per heavy atom. The van der Waals surface area contributed by atoms with E-state index in [9.17, 15) is 10.2 Å². The SMILES string of the molecule is COc1cccc(-c2cnc(-c3cc(Br)c(O)c(O)c3Br)s2)c1. The molecule has 0 atom stereocenters. The molecule has 0 spiro atoms. The Morgan fingerprint density at radius 2 is 1.91 bits per heavy atom. The maximum atomic E-state index is 9.95. The summed E-state index contributed by atoms with van der Waals surface area (Å²) >= 11 is 8.02. The predicted octanol–water partition coefficient (Wildman–Crippen LogP) is 5.42. The maximum Gasteiger partial charge on any atom is 0.173 e. The second-order valence-corrected chi connectivity index (χ2v) is 7.36. The van der Waals surface area contributed by atoms with Crippen LogP contribution in [0.25, 0.3) is 21.0 Å². The summed E-state index contributed by atoms with van der Waals surface area (Å²) in [6.45, 7) is 0. The number of thiazole rings is 1. The molecule has 0 unspecified atom stereocenters. The zero-order valence-corrected chi connectivity index (χ0v) is 15.9. The quantitative estimate of drug-likeness (QED) is 0.516. The Morgan fingerprint density at radius 1 is 1.13 bits per heavy atom. The third-order valence-electron chi connectivity index (χ3n) is 3.26. The number of benzene rings is 2. The minimum Gasteiger partial charge on any atom is -0.503 e. The Kier molecular flexibility index (Phi) is 4.61. The molecule has 1 heterocycles. The van der Waals surface area contributed by atoms with Crippen molar-refractivity contribution in [3.05, 3.63) is 45.5 Å². The number of rotatable bonds is 3. The monoisotopic (exact) mass is 455 g/mol. The molecule has 0 saturated heterocycles. The lowest BCUT2D eigenvalue weighted by molar-refractivity contribution is 0.399. The van der Waals surface area contributed by atoms with Gasteiger partial charge in [0.05, 0.1) is 20.9 Å². The molecule has 1 aromatic heterocycles. The zero-order chi connectivity index (χ0) is 16.6. The van der Waals surface area contributed by atoms with E-state index in [-0.39, 0.29) is 11.5 Å². The normalized spacial score (nSPS) is 10.7. The Balaban J connectivity index is 2.06. The maximum absolute atomic E-state index is 9.95. The fourth-order valence-corrected chi connectivity index (χ4v) is 4.04. The summed E-state index contributed by atoms with van der Waals surface area (Å²) < 4.78 is 6.06. The molecule has 0 saturated carbocycles. The molecular weight excluding hydrogens is 446 g/mol. The number of ether oxygens (including phenoxy) is 1. The summed E-state index contributed by atoms with van der Waals surface area (Å²) in [6, 6.07) is 9.45. The average molecular weight is 457 g/mol. The van der Waals surface area contributed by atoms with Crippen LogP contribution in [0.15, 0.2) is 45.5 Å². The van der Waals surface area contributed by atoms with Crippen LogP contribution in [0.5, 0.6) is 17.2 Å². The Labute approximate surface area is 153 Å². The van der Waals surface area contributed by atoms with Gasteiger partial charge in [0.15, 0.2) is 11.5 Å². The van der Waals surface area contributed by atoms with Gasteiger partial charge in [-0.2, -0.15) is 0 Å². The van der Waals surface area contributed by atoms with Crippen LogP contribution in [0.1, 0.15) is 0 Å². The van der Waals surface area contributed by atoms with Crippen LogP contribution >= 0.6 is 43.2 Å². The fraction of sp³-hybridized carbons (Fsp3) is 0.0625. The van der Waals surface area contributed by atoms with E-state index in [0.717, 1.165) is 21.2 Å². The van der Waals surface area contributed by atoms with E-state index in [2.05, 4.69) is 36.8 Å². The van der Waals surface area contributed by atoms with E-state index in [0.29, 0.717) is 14.5 Å². The summed E-state index contributed by atoms with van der Waals surface area (Å²) in [4.78, 5) is 5.41. The first-order chi connectivity index (χ1) is 11.0. The van der Waals surface area contributed by atoms with E-state index in [1.807, 2.05) is 24.3 Å². The van der Waals surface area contributed by atoms with Crippen LogP contribution < -0.4 is 4.74 Å². The van der Waals surface area contributed by atoms with Crippen LogP contribution in [0.2, 0.25) is 0 Å². The fourth-order valence-electron chi connectivity index (χ4n) is 2.07. The third-order valence-corrected chi connectivity index (χ3v) is 5.74. The van der Waals surface area contributed by atoms with Crippen molar-refractivity contribution in [2.75, 3.05) is 7.11 Å². The van der Waals surface area contributed by atoms with Gasteiger partial charge >= 0.3 is 0 Å². The van der Waals surface area contributed by atoms with Gasteiger partial charge in [-0.25, -0.2) is 4.98 Å². The van der Waals surface area contributed by atoms with Crippen molar-refractivity contribution in [2.45, 2.75) is 0 Å². The molecule has 2 N–H and O–H groups in total. The number of hydrogen-bond acceptors (Lipinski definition) is 5. The largest absolute Gasteiger partial charge is 0.503 e. The highest BCUT2D eigenvalue weighted by Gasteiger charge is 2.18. The highest BCUT2D eigenvalue weighted by atomic mass is 79.9. The minimum atomic E-state index is -0.215. The van der Waals surface area contributed by atoms with Gasteiger partial charge in [0.2, 0.25) is 0 Å². The third kappa shape index (κ3) is 3.08. The topological polar surface area (TPSA) is 62.6 Å². The van der Waals surface area contributed by atoms with Crippen molar-refractivity contribution >= 4 is 43.2 Å². The molecule has 3 aromatic rings. The molecule has 3 rings (SSSR count). The molecule has 0 aliphatic rings. The van der Waals surface area contributed by atoms with Gasteiger partial charge in [-0.15, -0.1) is 11.3 Å². The Bertz CT molecular complexity index is 880. The van der Waals surface area contributed by atoms with Crippen molar-refractivity contribution in [3.63, 3.8) is 0 Å². The van der Waals surface area contributed by atoms with Crippen molar-refractivity contribution in [1.29, 1.82) is 0 Å². The summed E-state index contributed by atoms with van der Waals surface area (Å²) in [6.07, 6.45) is 1.78. The van der Waals surface area contributed by atoms with Crippen LogP contribution in [-0.4, -0.2) is 22.3 Å². The number of hydrogen-bond donors (Lipinski definition) is 2. The van der Waals surface area contributed by atoms with Crippen molar-refractivity contribution in [3.8, 4) is 38.3 Å². The van der Waals surface area contributed by atoms with Crippen LogP contribution in [-0.2, 0) is 0 Å². The number of halogens is 2. The molecular formula is C16H11Br2NO3S. The first kappa shape index (κ1) is 16.3. The molecule has 4 nitrogen and oxygen atoms in total. The van der Waals surface area contributed by atoms with E-state index >= 15 is 0 Å². The van der Waals surface area contributed by atoms with Crippen LogP contribution in [0, 0.1) is 0 Å². The van der Waals surface area contributed by atoms with Gasteiger partial charge < -0.3 is 14.9 Å². The predicted molar refractivity (Wildman–Crippen MR) is 98.3 cm³/mol. The number of aromatic nitrogens is 1. The lowest BCUT2D eigenvalue weighted by Gasteiger charge is -2.07. The number of phenolic OH excluding ortho intramolecular Hbond substituents is 2. The number of nitrogens with zero attached hydrogens (tertiary/aromatic N) is 1. The van der Waals surface area contributed by atoms with Gasteiger partial charge in [0.25, 0.3) is 0 Å².